The Labute approximate surface area is 119 Å². The van der Waals surface area contributed by atoms with Crippen molar-refractivity contribution in [1.29, 1.82) is 0 Å². The Kier molecular flexibility index (Phi) is 3.88. The summed E-state index contributed by atoms with van der Waals surface area (Å²) in [4.78, 5) is 14.4. The summed E-state index contributed by atoms with van der Waals surface area (Å²) in [6.07, 6.45) is 0.846. The molecule has 1 amide bonds. The summed E-state index contributed by atoms with van der Waals surface area (Å²) >= 11 is 6.09. The Morgan fingerprint density at radius 1 is 1.47 bits per heavy atom. The average molecular weight is 281 g/mol. The van der Waals surface area contributed by atoms with Crippen LogP contribution < -0.4 is 5.73 Å². The molecule has 1 aliphatic heterocycles. The van der Waals surface area contributed by atoms with Gasteiger partial charge in [-0.15, -0.1) is 0 Å². The highest BCUT2D eigenvalue weighted by atomic mass is 35.5. The molecule has 1 aliphatic rings. The van der Waals surface area contributed by atoms with Crippen LogP contribution in [0, 0.1) is 12.3 Å². The van der Waals surface area contributed by atoms with Gasteiger partial charge >= 0.3 is 0 Å². The normalized spacial score (nSPS) is 22.4. The van der Waals surface area contributed by atoms with Crippen LogP contribution in [0.25, 0.3) is 0 Å². The molecule has 0 bridgehead atoms. The first-order valence-corrected chi connectivity index (χ1v) is 7.00. The number of rotatable bonds is 1. The summed E-state index contributed by atoms with van der Waals surface area (Å²) in [6, 6.07) is 5.63. The number of nitrogens with two attached hydrogens (primary N) is 1. The molecule has 0 aromatic heterocycles. The molecule has 1 saturated heterocycles. The molecular formula is C15H21ClN2O. The van der Waals surface area contributed by atoms with Crippen LogP contribution in [-0.4, -0.2) is 29.9 Å². The second kappa shape index (κ2) is 5.14. The number of aryl methyl sites for hydroxylation is 1. The first-order chi connectivity index (χ1) is 8.81. The highest BCUT2D eigenvalue weighted by molar-refractivity contribution is 6.31. The number of halogens is 1. The van der Waals surface area contributed by atoms with E-state index in [2.05, 4.69) is 13.8 Å². The molecule has 2 rings (SSSR count). The van der Waals surface area contributed by atoms with Gasteiger partial charge in [-0.3, -0.25) is 4.79 Å². The van der Waals surface area contributed by atoms with Crippen molar-refractivity contribution in [3.05, 3.63) is 34.3 Å². The third-order valence-electron chi connectivity index (χ3n) is 4.02. The summed E-state index contributed by atoms with van der Waals surface area (Å²) < 4.78 is 0. The van der Waals surface area contributed by atoms with E-state index >= 15 is 0 Å². The largest absolute Gasteiger partial charge is 0.338 e. The molecule has 4 heteroatoms. The number of hydrogen-bond acceptors (Lipinski definition) is 2. The van der Waals surface area contributed by atoms with Crippen molar-refractivity contribution in [3.63, 3.8) is 0 Å². The van der Waals surface area contributed by atoms with Gasteiger partial charge in [0, 0.05) is 29.7 Å². The van der Waals surface area contributed by atoms with Crippen LogP contribution in [0.15, 0.2) is 18.2 Å². The minimum absolute atomic E-state index is 0.0393. The number of piperidine rings is 1. The molecular weight excluding hydrogens is 260 g/mol. The lowest BCUT2D eigenvalue weighted by molar-refractivity contribution is 0.0533. The first-order valence-electron chi connectivity index (χ1n) is 6.62. The molecule has 1 heterocycles. The van der Waals surface area contributed by atoms with E-state index in [0.717, 1.165) is 18.5 Å². The maximum absolute atomic E-state index is 12.5. The van der Waals surface area contributed by atoms with Crippen molar-refractivity contribution >= 4 is 17.5 Å². The van der Waals surface area contributed by atoms with Gasteiger partial charge in [0.25, 0.3) is 5.91 Å². The molecule has 3 nitrogen and oxygen atoms in total. The van der Waals surface area contributed by atoms with Gasteiger partial charge in [0.15, 0.2) is 0 Å². The monoisotopic (exact) mass is 280 g/mol. The standard InChI is InChI=1S/C15H21ClN2O/c1-10-4-5-11(8-12(10)16)14(19)18-7-6-13(17)15(2,3)9-18/h4-5,8,13H,6-7,9,17H2,1-3H3. The number of carbonyl (C=O) groups excluding carboxylic acids is 1. The van der Waals surface area contributed by atoms with Gasteiger partial charge in [0.05, 0.1) is 0 Å². The predicted molar refractivity (Wildman–Crippen MR) is 78.5 cm³/mol. The van der Waals surface area contributed by atoms with Crippen LogP contribution in [0.3, 0.4) is 0 Å². The van der Waals surface area contributed by atoms with E-state index < -0.39 is 0 Å². The van der Waals surface area contributed by atoms with Gasteiger partial charge in [-0.25, -0.2) is 0 Å². The molecule has 0 saturated carbocycles. The second-order valence-corrected chi connectivity index (χ2v) is 6.48. The van der Waals surface area contributed by atoms with Gasteiger partial charge in [-0.1, -0.05) is 31.5 Å². The highest BCUT2D eigenvalue weighted by Crippen LogP contribution is 2.29. The van der Waals surface area contributed by atoms with Crippen LogP contribution in [0.5, 0.6) is 0 Å². The Morgan fingerprint density at radius 3 is 2.74 bits per heavy atom. The molecule has 1 aromatic carbocycles. The van der Waals surface area contributed by atoms with E-state index in [1.54, 1.807) is 6.07 Å². The first kappa shape index (κ1) is 14.4. The summed E-state index contributed by atoms with van der Waals surface area (Å²) in [7, 11) is 0. The van der Waals surface area contributed by atoms with Crippen LogP contribution >= 0.6 is 11.6 Å². The zero-order valence-corrected chi connectivity index (χ0v) is 12.5. The molecule has 1 fully saturated rings. The Bertz CT molecular complexity index is 499. The number of hydrogen-bond donors (Lipinski definition) is 1. The van der Waals surface area contributed by atoms with Crippen molar-refractivity contribution in [2.45, 2.75) is 33.2 Å². The number of carbonyl (C=O) groups is 1. The van der Waals surface area contributed by atoms with Gasteiger partial charge in [0.2, 0.25) is 0 Å². The Hall–Kier alpha value is -1.06. The molecule has 0 spiro atoms. The molecule has 1 aromatic rings. The Morgan fingerprint density at radius 2 is 2.16 bits per heavy atom. The van der Waals surface area contributed by atoms with Crippen molar-refractivity contribution in [2.24, 2.45) is 11.1 Å². The third kappa shape index (κ3) is 2.93. The molecule has 1 unspecified atom stereocenters. The molecule has 0 radical (unpaired) electrons. The summed E-state index contributed by atoms with van der Waals surface area (Å²) in [6.45, 7) is 7.56. The maximum Gasteiger partial charge on any atom is 0.253 e. The third-order valence-corrected chi connectivity index (χ3v) is 4.43. The van der Waals surface area contributed by atoms with Crippen LogP contribution in [0.1, 0.15) is 36.2 Å². The van der Waals surface area contributed by atoms with Crippen molar-refractivity contribution < 1.29 is 4.79 Å². The highest BCUT2D eigenvalue weighted by Gasteiger charge is 2.35. The fraction of sp³-hybridized carbons (Fsp3) is 0.533. The summed E-state index contributed by atoms with van der Waals surface area (Å²) in [5.74, 6) is 0.0434. The lowest BCUT2D eigenvalue weighted by atomic mass is 9.79. The van der Waals surface area contributed by atoms with E-state index in [1.807, 2.05) is 24.0 Å². The van der Waals surface area contributed by atoms with E-state index in [4.69, 9.17) is 17.3 Å². The van der Waals surface area contributed by atoms with E-state index in [9.17, 15) is 4.79 Å². The van der Waals surface area contributed by atoms with Crippen LogP contribution in [0.4, 0.5) is 0 Å². The Balaban J connectivity index is 2.18. The van der Waals surface area contributed by atoms with Gasteiger partial charge in [-0.2, -0.15) is 0 Å². The van der Waals surface area contributed by atoms with Crippen molar-refractivity contribution in [2.75, 3.05) is 13.1 Å². The lowest BCUT2D eigenvalue weighted by Crippen LogP contribution is -2.54. The van der Waals surface area contributed by atoms with Crippen LogP contribution in [-0.2, 0) is 0 Å². The zero-order chi connectivity index (χ0) is 14.2. The maximum atomic E-state index is 12.5. The molecule has 0 aliphatic carbocycles. The van der Waals surface area contributed by atoms with Gasteiger partial charge in [-0.05, 0) is 36.5 Å². The minimum Gasteiger partial charge on any atom is -0.338 e. The van der Waals surface area contributed by atoms with Crippen LogP contribution in [0.2, 0.25) is 5.02 Å². The zero-order valence-electron chi connectivity index (χ0n) is 11.7. The smallest absolute Gasteiger partial charge is 0.253 e. The minimum atomic E-state index is -0.0393. The fourth-order valence-electron chi connectivity index (χ4n) is 2.46. The summed E-state index contributed by atoms with van der Waals surface area (Å²) in [5, 5.41) is 0.638. The van der Waals surface area contributed by atoms with Crippen molar-refractivity contribution in [1.82, 2.24) is 4.90 Å². The molecule has 104 valence electrons. The quantitative estimate of drug-likeness (QED) is 0.860. The number of nitrogens with zero attached hydrogens (tertiary/aromatic N) is 1. The number of likely N-dealkylation sites (tertiary alicyclic amines) is 1. The number of benzene rings is 1. The predicted octanol–water partition coefficient (Wildman–Crippen LogP) is 2.85. The summed E-state index contributed by atoms with van der Waals surface area (Å²) in [5.41, 5.74) is 7.70. The van der Waals surface area contributed by atoms with Gasteiger partial charge < -0.3 is 10.6 Å². The van der Waals surface area contributed by atoms with Crippen molar-refractivity contribution in [3.8, 4) is 0 Å². The van der Waals surface area contributed by atoms with E-state index in [0.29, 0.717) is 17.1 Å². The second-order valence-electron chi connectivity index (χ2n) is 6.07. The lowest BCUT2D eigenvalue weighted by Gasteiger charge is -2.42. The molecule has 19 heavy (non-hydrogen) atoms. The van der Waals surface area contributed by atoms with E-state index in [1.165, 1.54) is 0 Å². The topological polar surface area (TPSA) is 46.3 Å². The average Bonchev–Trinajstić information content (AvgIpc) is 2.35. The SMILES string of the molecule is Cc1ccc(C(=O)N2CCC(N)C(C)(C)C2)cc1Cl. The fourth-order valence-corrected chi connectivity index (χ4v) is 2.64. The molecule has 1 atom stereocenters. The van der Waals surface area contributed by atoms with E-state index in [-0.39, 0.29) is 17.4 Å². The number of amides is 1. The molecule has 2 N–H and O–H groups in total. The van der Waals surface area contributed by atoms with Gasteiger partial charge in [0.1, 0.15) is 0 Å².